The summed E-state index contributed by atoms with van der Waals surface area (Å²) in [5.74, 6) is -1.00. The number of carboxylic acids is 1. The molecule has 2 rings (SSSR count). The fourth-order valence-electron chi connectivity index (χ4n) is 2.53. The third kappa shape index (κ3) is 6.30. The molecule has 0 heterocycles. The number of anilines is 1. The number of nitrogens with zero attached hydrogens (tertiary/aromatic N) is 1. The summed E-state index contributed by atoms with van der Waals surface area (Å²) >= 11 is 0. The second kappa shape index (κ2) is 9.47. The van der Waals surface area contributed by atoms with Crippen molar-refractivity contribution in [2.45, 2.75) is 19.3 Å². The van der Waals surface area contributed by atoms with Crippen LogP contribution in [0.5, 0.6) is 0 Å². The van der Waals surface area contributed by atoms with Crippen molar-refractivity contribution < 1.29 is 14.7 Å². The molecular weight excluding hydrogens is 316 g/mol. The van der Waals surface area contributed by atoms with Crippen LogP contribution in [-0.2, 0) is 11.2 Å². The predicted molar refractivity (Wildman–Crippen MR) is 99.1 cm³/mol. The van der Waals surface area contributed by atoms with Crippen LogP contribution >= 0.6 is 0 Å². The lowest BCUT2D eigenvalue weighted by molar-refractivity contribution is -0.120. The summed E-state index contributed by atoms with van der Waals surface area (Å²) in [5.41, 5.74) is 2.23. The van der Waals surface area contributed by atoms with E-state index in [1.54, 1.807) is 12.1 Å². The number of carboxylic acid groups (broad SMARTS) is 1. The van der Waals surface area contributed by atoms with Crippen LogP contribution in [0.3, 0.4) is 0 Å². The van der Waals surface area contributed by atoms with E-state index in [0.717, 1.165) is 24.9 Å². The molecule has 0 saturated carbocycles. The first-order chi connectivity index (χ1) is 12.1. The third-order valence-corrected chi connectivity index (χ3v) is 4.01. The van der Waals surface area contributed by atoms with Crippen LogP contribution in [0.4, 0.5) is 5.69 Å². The van der Waals surface area contributed by atoms with E-state index in [9.17, 15) is 9.59 Å². The summed E-state index contributed by atoms with van der Waals surface area (Å²) in [6.07, 6.45) is 2.18. The Morgan fingerprint density at radius 1 is 1.00 bits per heavy atom. The number of amides is 1. The molecule has 132 valence electrons. The summed E-state index contributed by atoms with van der Waals surface area (Å²) < 4.78 is 0. The van der Waals surface area contributed by atoms with E-state index in [2.05, 4.69) is 29.4 Å². The first-order valence-corrected chi connectivity index (χ1v) is 8.41. The molecule has 0 aromatic heterocycles. The number of rotatable bonds is 9. The lowest BCUT2D eigenvalue weighted by Crippen LogP contribution is -2.27. The van der Waals surface area contributed by atoms with Crippen molar-refractivity contribution in [1.82, 2.24) is 5.32 Å². The maximum absolute atomic E-state index is 11.9. The van der Waals surface area contributed by atoms with Crippen molar-refractivity contribution in [3.05, 3.63) is 65.7 Å². The molecule has 5 nitrogen and oxygen atoms in total. The Morgan fingerprint density at radius 3 is 2.32 bits per heavy atom. The molecule has 5 heteroatoms. The summed E-state index contributed by atoms with van der Waals surface area (Å²) in [4.78, 5) is 24.9. The molecule has 0 fully saturated rings. The van der Waals surface area contributed by atoms with Crippen LogP contribution < -0.4 is 10.2 Å². The van der Waals surface area contributed by atoms with Crippen LogP contribution in [0.1, 0.15) is 28.8 Å². The molecule has 0 bridgehead atoms. The average Bonchev–Trinajstić information content (AvgIpc) is 2.62. The van der Waals surface area contributed by atoms with Crippen LogP contribution in [0.15, 0.2) is 54.6 Å². The topological polar surface area (TPSA) is 69.6 Å². The quantitative estimate of drug-likeness (QED) is 0.689. The van der Waals surface area contributed by atoms with E-state index in [0.29, 0.717) is 6.54 Å². The number of hydrogen-bond donors (Lipinski definition) is 2. The Kier molecular flexibility index (Phi) is 7.01. The normalized spacial score (nSPS) is 10.3. The Morgan fingerprint density at radius 2 is 1.68 bits per heavy atom. The van der Waals surface area contributed by atoms with Gasteiger partial charge in [0.05, 0.1) is 12.0 Å². The molecule has 0 aliphatic rings. The van der Waals surface area contributed by atoms with Crippen LogP contribution in [0, 0.1) is 0 Å². The van der Waals surface area contributed by atoms with Gasteiger partial charge in [-0.05, 0) is 42.7 Å². The molecule has 0 unspecified atom stereocenters. The largest absolute Gasteiger partial charge is 0.478 e. The highest BCUT2D eigenvalue weighted by Crippen LogP contribution is 2.11. The Hall–Kier alpha value is -2.82. The van der Waals surface area contributed by atoms with Gasteiger partial charge in [-0.2, -0.15) is 0 Å². The van der Waals surface area contributed by atoms with Crippen molar-refractivity contribution in [3.63, 3.8) is 0 Å². The number of unbranched alkanes of at least 4 members (excludes halogenated alkanes) is 1. The summed E-state index contributed by atoms with van der Waals surface area (Å²) in [7, 11) is 2.06. The molecule has 0 radical (unpaired) electrons. The van der Waals surface area contributed by atoms with E-state index in [-0.39, 0.29) is 17.9 Å². The van der Waals surface area contributed by atoms with E-state index in [1.165, 1.54) is 17.8 Å². The van der Waals surface area contributed by atoms with Crippen molar-refractivity contribution in [1.29, 1.82) is 0 Å². The third-order valence-electron chi connectivity index (χ3n) is 4.01. The molecule has 2 N–H and O–H groups in total. The van der Waals surface area contributed by atoms with Gasteiger partial charge in [-0.15, -0.1) is 0 Å². The molecule has 1 amide bonds. The highest BCUT2D eigenvalue weighted by molar-refractivity contribution is 5.87. The van der Waals surface area contributed by atoms with Crippen molar-refractivity contribution >= 4 is 17.6 Å². The molecule has 2 aromatic carbocycles. The molecule has 25 heavy (non-hydrogen) atoms. The lowest BCUT2D eigenvalue weighted by atomic mass is 10.1. The van der Waals surface area contributed by atoms with Gasteiger partial charge in [0.15, 0.2) is 0 Å². The zero-order valence-corrected chi connectivity index (χ0v) is 14.4. The Labute approximate surface area is 148 Å². The minimum Gasteiger partial charge on any atom is -0.478 e. The summed E-state index contributed by atoms with van der Waals surface area (Å²) in [6, 6.07) is 16.6. The molecule has 0 atom stereocenters. The monoisotopic (exact) mass is 340 g/mol. The van der Waals surface area contributed by atoms with Gasteiger partial charge in [-0.25, -0.2) is 4.79 Å². The van der Waals surface area contributed by atoms with Crippen molar-refractivity contribution in [2.75, 3.05) is 25.0 Å². The lowest BCUT2D eigenvalue weighted by Gasteiger charge is -2.19. The van der Waals surface area contributed by atoms with Crippen LogP contribution in [0.25, 0.3) is 0 Å². The fraction of sp³-hybridized carbons (Fsp3) is 0.300. The highest BCUT2D eigenvalue weighted by atomic mass is 16.4. The highest BCUT2D eigenvalue weighted by Gasteiger charge is 2.06. The molecular formula is C20H24N2O3. The molecule has 0 spiro atoms. The van der Waals surface area contributed by atoms with E-state index in [4.69, 9.17) is 5.11 Å². The van der Waals surface area contributed by atoms with Gasteiger partial charge in [0.1, 0.15) is 0 Å². The Bertz CT molecular complexity index is 684. The van der Waals surface area contributed by atoms with Gasteiger partial charge in [0.2, 0.25) is 5.91 Å². The zero-order chi connectivity index (χ0) is 18.1. The number of carbonyl (C=O) groups is 2. The van der Waals surface area contributed by atoms with Crippen molar-refractivity contribution in [2.24, 2.45) is 0 Å². The van der Waals surface area contributed by atoms with E-state index < -0.39 is 5.97 Å². The maximum atomic E-state index is 11.9. The Balaban J connectivity index is 1.63. The fourth-order valence-corrected chi connectivity index (χ4v) is 2.53. The second-order valence-corrected chi connectivity index (χ2v) is 5.99. The number of hydrogen-bond acceptors (Lipinski definition) is 3. The number of aromatic carboxylic acids is 1. The number of carbonyl (C=O) groups excluding carboxylic acids is 1. The van der Waals surface area contributed by atoms with Gasteiger partial charge >= 0.3 is 5.97 Å². The summed E-state index contributed by atoms with van der Waals surface area (Å²) in [5, 5.41) is 11.8. The summed E-state index contributed by atoms with van der Waals surface area (Å²) in [6.45, 7) is 1.59. The van der Waals surface area contributed by atoms with E-state index >= 15 is 0 Å². The molecule has 2 aromatic rings. The van der Waals surface area contributed by atoms with Gasteiger partial charge in [0.25, 0.3) is 0 Å². The second-order valence-electron chi connectivity index (χ2n) is 5.99. The van der Waals surface area contributed by atoms with Crippen LogP contribution in [0.2, 0.25) is 0 Å². The number of para-hydroxylation sites is 1. The first kappa shape index (κ1) is 18.5. The van der Waals surface area contributed by atoms with Crippen molar-refractivity contribution in [3.8, 4) is 0 Å². The average molecular weight is 340 g/mol. The van der Waals surface area contributed by atoms with Gasteiger partial charge < -0.3 is 15.3 Å². The molecule has 0 aliphatic carbocycles. The van der Waals surface area contributed by atoms with Crippen LogP contribution in [-0.4, -0.2) is 37.1 Å². The SMILES string of the molecule is CN(CCCCNC(=O)Cc1ccc(C(=O)O)cc1)c1ccccc1. The minimum atomic E-state index is -0.962. The maximum Gasteiger partial charge on any atom is 0.335 e. The van der Waals surface area contributed by atoms with Gasteiger partial charge in [0, 0.05) is 25.8 Å². The molecule has 0 saturated heterocycles. The molecule has 0 aliphatic heterocycles. The van der Waals surface area contributed by atoms with Gasteiger partial charge in [-0.3, -0.25) is 4.79 Å². The minimum absolute atomic E-state index is 0.0421. The standard InChI is InChI=1S/C20H24N2O3/c1-22(18-7-3-2-4-8-18)14-6-5-13-21-19(23)15-16-9-11-17(12-10-16)20(24)25/h2-4,7-12H,5-6,13-15H2,1H3,(H,21,23)(H,24,25). The zero-order valence-electron chi connectivity index (χ0n) is 14.4. The van der Waals surface area contributed by atoms with Gasteiger partial charge in [-0.1, -0.05) is 30.3 Å². The smallest absolute Gasteiger partial charge is 0.335 e. The number of nitrogens with one attached hydrogen (secondary N) is 1. The predicted octanol–water partition coefficient (Wildman–Crippen LogP) is 2.96. The van der Waals surface area contributed by atoms with E-state index in [1.807, 2.05) is 18.2 Å². The number of benzene rings is 2. The first-order valence-electron chi connectivity index (χ1n) is 8.41.